The van der Waals surface area contributed by atoms with Gasteiger partial charge in [0.2, 0.25) is 0 Å². The Labute approximate surface area is 113 Å². The molecule has 8 heteroatoms. The van der Waals surface area contributed by atoms with Crippen LogP contribution in [-0.2, 0) is 0 Å². The van der Waals surface area contributed by atoms with Crippen molar-refractivity contribution in [1.82, 2.24) is 0 Å². The summed E-state index contributed by atoms with van der Waals surface area (Å²) in [4.78, 5) is 22.0. The van der Waals surface area contributed by atoms with E-state index in [-0.39, 0.29) is 23.7 Å². The Balaban J connectivity index is 1.75. The second kappa shape index (κ2) is 2.82. The van der Waals surface area contributed by atoms with Crippen molar-refractivity contribution in [2.75, 3.05) is 0 Å². The molecular weight excluding hydrogens is 266 g/mol. The van der Waals surface area contributed by atoms with E-state index in [9.17, 15) is 25.4 Å². The van der Waals surface area contributed by atoms with Crippen LogP contribution >= 0.6 is 0 Å². The molecule has 5 aliphatic rings. The van der Waals surface area contributed by atoms with Gasteiger partial charge >= 0.3 is 5.66 Å². The van der Waals surface area contributed by atoms with Crippen molar-refractivity contribution in [3.05, 3.63) is 20.2 Å². The first kappa shape index (κ1) is 11.0. The van der Waals surface area contributed by atoms with E-state index in [4.69, 9.17) is 0 Å². The average molecular weight is 279 g/mol. The molecular formula is C12H13N3O5. The van der Waals surface area contributed by atoms with Gasteiger partial charge in [-0.05, 0) is 36.5 Å². The minimum absolute atomic E-state index is 0.0433. The van der Waals surface area contributed by atoms with Crippen LogP contribution in [0.3, 0.4) is 0 Å². The van der Waals surface area contributed by atoms with Gasteiger partial charge in [-0.1, -0.05) is 5.16 Å². The molecule has 0 bridgehead atoms. The molecule has 0 heterocycles. The topological polar surface area (TPSA) is 119 Å². The summed E-state index contributed by atoms with van der Waals surface area (Å²) in [6.45, 7) is 0. The fourth-order valence-electron chi connectivity index (χ4n) is 7.06. The standard InChI is InChI=1S/C12H13N3O5/c16-13-11-3-1-5-9-7(3)8-4(11)2-6(10(8)9)12(5,14(17)18)15(19)20/h3-10,16H,1-2H2/t3-,4+,5-,6-,7+,8+,9-,10-/m1/s1. The lowest BCUT2D eigenvalue weighted by Crippen LogP contribution is -2.55. The van der Waals surface area contributed by atoms with Crippen LogP contribution < -0.4 is 0 Å². The monoisotopic (exact) mass is 279 g/mol. The van der Waals surface area contributed by atoms with Crippen LogP contribution in [0.5, 0.6) is 0 Å². The molecule has 0 aliphatic heterocycles. The third-order valence-corrected chi connectivity index (χ3v) is 7.20. The van der Waals surface area contributed by atoms with E-state index in [0.717, 1.165) is 5.71 Å². The molecule has 0 spiro atoms. The van der Waals surface area contributed by atoms with Gasteiger partial charge in [0.1, 0.15) is 11.8 Å². The quantitative estimate of drug-likeness (QED) is 0.347. The lowest BCUT2D eigenvalue weighted by atomic mass is 9.60. The molecule has 0 aromatic rings. The molecule has 5 fully saturated rings. The maximum absolute atomic E-state index is 11.6. The third-order valence-electron chi connectivity index (χ3n) is 7.20. The fourth-order valence-corrected chi connectivity index (χ4v) is 7.06. The van der Waals surface area contributed by atoms with Gasteiger partial charge in [-0.2, -0.15) is 0 Å². The zero-order valence-corrected chi connectivity index (χ0v) is 10.5. The Morgan fingerprint density at radius 2 is 1.45 bits per heavy atom. The summed E-state index contributed by atoms with van der Waals surface area (Å²) in [5, 5.41) is 35.9. The van der Waals surface area contributed by atoms with E-state index < -0.39 is 27.3 Å². The van der Waals surface area contributed by atoms with E-state index in [1.54, 1.807) is 0 Å². The highest BCUT2D eigenvalue weighted by Gasteiger charge is 2.91. The van der Waals surface area contributed by atoms with E-state index >= 15 is 0 Å². The predicted molar refractivity (Wildman–Crippen MR) is 63.1 cm³/mol. The Morgan fingerprint density at radius 1 is 1.00 bits per heavy atom. The Hall–Kier alpha value is -1.73. The number of oxime groups is 1. The second-order valence-electron chi connectivity index (χ2n) is 7.03. The van der Waals surface area contributed by atoms with Crippen molar-refractivity contribution < 1.29 is 15.1 Å². The number of hydrogen-bond donors (Lipinski definition) is 1. The smallest absolute Gasteiger partial charge is 0.411 e. The summed E-state index contributed by atoms with van der Waals surface area (Å²) >= 11 is 0. The normalized spacial score (nSPS) is 57.1. The number of rotatable bonds is 2. The third kappa shape index (κ3) is 0.726. The molecule has 0 amide bonds. The van der Waals surface area contributed by atoms with Crippen molar-refractivity contribution in [1.29, 1.82) is 0 Å². The van der Waals surface area contributed by atoms with E-state index in [0.29, 0.717) is 24.7 Å². The number of nitrogens with zero attached hydrogens (tertiary/aromatic N) is 3. The molecule has 0 unspecified atom stereocenters. The first-order chi connectivity index (χ1) is 9.55. The van der Waals surface area contributed by atoms with Crippen LogP contribution in [0.25, 0.3) is 0 Å². The Morgan fingerprint density at radius 3 is 1.80 bits per heavy atom. The van der Waals surface area contributed by atoms with Gasteiger partial charge in [0.05, 0.1) is 15.6 Å². The molecule has 0 saturated heterocycles. The zero-order valence-electron chi connectivity index (χ0n) is 10.5. The first-order valence-corrected chi connectivity index (χ1v) is 7.06. The molecule has 8 nitrogen and oxygen atoms in total. The molecule has 1 N–H and O–H groups in total. The molecule has 8 atom stereocenters. The molecule has 0 aromatic carbocycles. The molecule has 5 saturated carbocycles. The van der Waals surface area contributed by atoms with Crippen LogP contribution in [0.4, 0.5) is 0 Å². The van der Waals surface area contributed by atoms with Crippen molar-refractivity contribution in [2.24, 2.45) is 52.5 Å². The van der Waals surface area contributed by atoms with Crippen LogP contribution in [0.15, 0.2) is 5.16 Å². The minimum atomic E-state index is -1.98. The molecule has 5 rings (SSSR count). The lowest BCUT2D eigenvalue weighted by Gasteiger charge is -2.42. The van der Waals surface area contributed by atoms with Crippen molar-refractivity contribution in [3.63, 3.8) is 0 Å². The molecule has 20 heavy (non-hydrogen) atoms. The SMILES string of the molecule is O=[N+]([O-])C1([N+](=O)[O-])[C@@H]2C[C@@H]3C(=NO)[C@@H]4C[C@@H]1[C@H]1[C@H]2[C@@H]3[C@@H]14. The zero-order chi connectivity index (χ0) is 14.0. The van der Waals surface area contributed by atoms with Crippen molar-refractivity contribution in [2.45, 2.75) is 18.5 Å². The summed E-state index contributed by atoms with van der Waals surface area (Å²) in [6.07, 6.45) is 0.910. The maximum atomic E-state index is 11.6. The van der Waals surface area contributed by atoms with Gasteiger partial charge in [-0.3, -0.25) is 20.2 Å². The van der Waals surface area contributed by atoms with Gasteiger partial charge in [-0.15, -0.1) is 0 Å². The van der Waals surface area contributed by atoms with Gasteiger partial charge < -0.3 is 5.21 Å². The van der Waals surface area contributed by atoms with Gasteiger partial charge in [0, 0.05) is 11.8 Å². The summed E-state index contributed by atoms with van der Waals surface area (Å²) in [5.41, 5.74) is -1.20. The van der Waals surface area contributed by atoms with E-state index in [1.807, 2.05) is 0 Å². The van der Waals surface area contributed by atoms with Crippen LogP contribution in [-0.4, -0.2) is 26.4 Å². The van der Waals surface area contributed by atoms with Crippen molar-refractivity contribution >= 4 is 5.71 Å². The highest BCUT2D eigenvalue weighted by molar-refractivity contribution is 5.93. The lowest BCUT2D eigenvalue weighted by molar-refractivity contribution is -0.813. The Kier molecular flexibility index (Phi) is 1.55. The van der Waals surface area contributed by atoms with Crippen LogP contribution in [0.1, 0.15) is 12.8 Å². The second-order valence-corrected chi connectivity index (χ2v) is 7.03. The number of hydrogen-bond acceptors (Lipinski definition) is 6. The van der Waals surface area contributed by atoms with Crippen molar-refractivity contribution in [3.8, 4) is 0 Å². The predicted octanol–water partition coefficient (Wildman–Crippen LogP) is 0.844. The van der Waals surface area contributed by atoms with Gasteiger partial charge in [0.15, 0.2) is 0 Å². The van der Waals surface area contributed by atoms with Crippen LogP contribution in [0, 0.1) is 67.6 Å². The fraction of sp³-hybridized carbons (Fsp3) is 0.917. The average Bonchev–Trinajstić information content (AvgIpc) is 2.88. The molecule has 5 aliphatic carbocycles. The molecule has 0 aromatic heterocycles. The van der Waals surface area contributed by atoms with Gasteiger partial charge in [-0.25, -0.2) is 0 Å². The summed E-state index contributed by atoms with van der Waals surface area (Å²) in [5.74, 6) is -0.0625. The van der Waals surface area contributed by atoms with E-state index in [2.05, 4.69) is 5.16 Å². The van der Waals surface area contributed by atoms with Crippen LogP contribution in [0.2, 0.25) is 0 Å². The molecule has 106 valence electrons. The summed E-state index contributed by atoms with van der Waals surface area (Å²) in [7, 11) is 0. The highest BCUT2D eigenvalue weighted by Crippen LogP contribution is 2.81. The molecule has 0 radical (unpaired) electrons. The highest BCUT2D eigenvalue weighted by atomic mass is 16.7. The number of nitro groups is 2. The minimum Gasteiger partial charge on any atom is -0.411 e. The van der Waals surface area contributed by atoms with E-state index in [1.165, 1.54) is 0 Å². The largest absolute Gasteiger partial charge is 0.464 e. The van der Waals surface area contributed by atoms with Gasteiger partial charge in [0.25, 0.3) is 0 Å². The summed E-state index contributed by atoms with van der Waals surface area (Å²) in [6, 6.07) is 0. The maximum Gasteiger partial charge on any atom is 0.464 e. The first-order valence-electron chi connectivity index (χ1n) is 7.06. The Bertz CT molecular complexity index is 556. The summed E-state index contributed by atoms with van der Waals surface area (Å²) < 4.78 is 0.